The van der Waals surface area contributed by atoms with E-state index >= 15 is 0 Å². The van der Waals surface area contributed by atoms with Gasteiger partial charge in [-0.1, -0.05) is 0 Å². The molecule has 6 nitrogen and oxygen atoms in total. The van der Waals surface area contributed by atoms with E-state index in [2.05, 4.69) is 15.3 Å². The predicted octanol–water partition coefficient (Wildman–Crippen LogP) is 0.355. The summed E-state index contributed by atoms with van der Waals surface area (Å²) in [5, 5.41) is 12.6. The molecule has 0 radical (unpaired) electrons. The van der Waals surface area contributed by atoms with E-state index in [1.807, 2.05) is 0 Å². The van der Waals surface area contributed by atoms with Crippen molar-refractivity contribution in [2.24, 2.45) is 0 Å². The lowest BCUT2D eigenvalue weighted by molar-refractivity contribution is 0.368. The number of nitrogens with one attached hydrogen (secondary N) is 2. The van der Waals surface area contributed by atoms with Crippen LogP contribution in [0.4, 0.5) is 0 Å². The van der Waals surface area contributed by atoms with Gasteiger partial charge in [-0.05, 0) is 32.0 Å². The van der Waals surface area contributed by atoms with Gasteiger partial charge in [0.2, 0.25) is 5.88 Å². The van der Waals surface area contributed by atoms with Crippen LogP contribution in [0.3, 0.4) is 0 Å². The number of aromatic hydroxyl groups is 1. The summed E-state index contributed by atoms with van der Waals surface area (Å²) < 4.78 is 1.75. The summed E-state index contributed by atoms with van der Waals surface area (Å²) in [5.74, 6) is -0.0730. The van der Waals surface area contributed by atoms with E-state index in [4.69, 9.17) is 0 Å². The summed E-state index contributed by atoms with van der Waals surface area (Å²) in [7, 11) is 0. The number of hydrogen-bond donors (Lipinski definition) is 3. The monoisotopic (exact) mass is 234 g/mol. The average Bonchev–Trinajstić information content (AvgIpc) is 2.65. The van der Waals surface area contributed by atoms with Gasteiger partial charge in [0.1, 0.15) is 0 Å². The topological polar surface area (TPSA) is 82.9 Å². The number of pyridine rings is 1. The predicted molar refractivity (Wildman–Crippen MR) is 63.2 cm³/mol. The fraction of sp³-hybridized carbons (Fsp3) is 0.455. The van der Waals surface area contributed by atoms with Crippen molar-refractivity contribution in [2.75, 3.05) is 13.1 Å². The molecule has 1 saturated heterocycles. The van der Waals surface area contributed by atoms with Crippen LogP contribution < -0.4 is 11.0 Å². The molecule has 0 amide bonds. The van der Waals surface area contributed by atoms with E-state index in [9.17, 15) is 9.90 Å². The Balaban J connectivity index is 2.14. The van der Waals surface area contributed by atoms with E-state index in [-0.39, 0.29) is 17.6 Å². The molecular weight excluding hydrogens is 220 g/mol. The fourth-order valence-electron chi connectivity index (χ4n) is 2.43. The molecule has 0 aliphatic carbocycles. The third-order valence-electron chi connectivity index (χ3n) is 3.24. The molecule has 6 heteroatoms. The van der Waals surface area contributed by atoms with E-state index in [0.717, 1.165) is 31.4 Å². The van der Waals surface area contributed by atoms with Gasteiger partial charge in [-0.3, -0.25) is 9.55 Å². The fourth-order valence-corrected chi connectivity index (χ4v) is 2.43. The van der Waals surface area contributed by atoms with Gasteiger partial charge in [-0.2, -0.15) is 4.98 Å². The molecule has 0 aromatic carbocycles. The molecule has 0 atom stereocenters. The third-order valence-corrected chi connectivity index (χ3v) is 3.24. The number of H-pyrrole nitrogens is 1. The number of nitrogens with zero attached hydrogens (tertiary/aromatic N) is 2. The van der Waals surface area contributed by atoms with Crippen LogP contribution in [-0.4, -0.2) is 32.7 Å². The summed E-state index contributed by atoms with van der Waals surface area (Å²) in [6.45, 7) is 1.85. The molecule has 2 aromatic rings. The molecule has 3 heterocycles. The van der Waals surface area contributed by atoms with Crippen molar-refractivity contribution >= 4 is 11.2 Å². The van der Waals surface area contributed by atoms with Crippen molar-refractivity contribution < 1.29 is 5.11 Å². The zero-order valence-corrected chi connectivity index (χ0v) is 9.31. The van der Waals surface area contributed by atoms with E-state index in [1.54, 1.807) is 10.6 Å². The van der Waals surface area contributed by atoms with Crippen molar-refractivity contribution in [3.63, 3.8) is 0 Å². The summed E-state index contributed by atoms with van der Waals surface area (Å²) in [4.78, 5) is 18.5. The average molecular weight is 234 g/mol. The number of fused-ring (bicyclic) bond motifs is 1. The first kappa shape index (κ1) is 10.3. The molecule has 2 aromatic heterocycles. The first-order valence-corrected chi connectivity index (χ1v) is 5.76. The summed E-state index contributed by atoms with van der Waals surface area (Å²) in [6, 6.07) is 3.45. The van der Waals surface area contributed by atoms with Crippen LogP contribution in [0.2, 0.25) is 0 Å². The van der Waals surface area contributed by atoms with E-state index in [0.29, 0.717) is 5.65 Å². The Hall–Kier alpha value is -1.82. The quantitative estimate of drug-likeness (QED) is 0.665. The number of rotatable bonds is 1. The Labute approximate surface area is 97.3 Å². The first-order valence-electron chi connectivity index (χ1n) is 5.76. The zero-order valence-electron chi connectivity index (χ0n) is 9.31. The Morgan fingerprint density at radius 3 is 2.88 bits per heavy atom. The van der Waals surface area contributed by atoms with E-state index in [1.165, 1.54) is 6.07 Å². The van der Waals surface area contributed by atoms with Crippen LogP contribution in [0, 0.1) is 0 Å². The second-order valence-electron chi connectivity index (χ2n) is 4.32. The second kappa shape index (κ2) is 3.89. The lowest BCUT2D eigenvalue weighted by Crippen LogP contribution is -2.33. The number of aromatic amines is 1. The maximum absolute atomic E-state index is 11.9. The molecule has 1 fully saturated rings. The number of imidazole rings is 1. The number of piperidine rings is 1. The highest BCUT2D eigenvalue weighted by molar-refractivity contribution is 5.71. The molecule has 3 rings (SSSR count). The highest BCUT2D eigenvalue weighted by atomic mass is 16.3. The van der Waals surface area contributed by atoms with Gasteiger partial charge in [-0.25, -0.2) is 4.79 Å². The Morgan fingerprint density at radius 2 is 2.12 bits per heavy atom. The minimum Gasteiger partial charge on any atom is -0.493 e. The zero-order chi connectivity index (χ0) is 11.8. The highest BCUT2D eigenvalue weighted by Gasteiger charge is 2.19. The lowest BCUT2D eigenvalue weighted by atomic mass is 10.1. The largest absolute Gasteiger partial charge is 0.493 e. The third kappa shape index (κ3) is 1.70. The van der Waals surface area contributed by atoms with Gasteiger partial charge in [0, 0.05) is 12.1 Å². The van der Waals surface area contributed by atoms with Gasteiger partial charge in [0.15, 0.2) is 5.65 Å². The molecule has 1 aliphatic heterocycles. The van der Waals surface area contributed by atoms with Gasteiger partial charge in [-0.15, -0.1) is 0 Å². The van der Waals surface area contributed by atoms with Crippen molar-refractivity contribution in [1.82, 2.24) is 19.9 Å². The van der Waals surface area contributed by atoms with Gasteiger partial charge in [0.05, 0.1) is 5.52 Å². The summed E-state index contributed by atoms with van der Waals surface area (Å²) in [6.07, 6.45) is 1.88. The first-order chi connectivity index (χ1) is 8.25. The number of aromatic nitrogens is 3. The summed E-state index contributed by atoms with van der Waals surface area (Å²) >= 11 is 0. The Kier molecular flexibility index (Phi) is 2.36. The molecular formula is C11H14N4O2. The minimum absolute atomic E-state index is 0.0730. The van der Waals surface area contributed by atoms with Crippen molar-refractivity contribution in [1.29, 1.82) is 0 Å². The van der Waals surface area contributed by atoms with Gasteiger partial charge >= 0.3 is 5.69 Å². The second-order valence-corrected chi connectivity index (χ2v) is 4.32. The standard InChI is InChI=1S/C11H14N4O2/c16-9-2-1-8-10(13-9)14-11(17)15(8)7-3-5-12-6-4-7/h1-2,7,12H,3-6H2,(H2,13,14,16,17). The highest BCUT2D eigenvalue weighted by Crippen LogP contribution is 2.22. The van der Waals surface area contributed by atoms with Crippen LogP contribution in [0.15, 0.2) is 16.9 Å². The minimum atomic E-state index is -0.148. The molecule has 0 bridgehead atoms. The van der Waals surface area contributed by atoms with Crippen molar-refractivity contribution in [2.45, 2.75) is 18.9 Å². The molecule has 0 spiro atoms. The van der Waals surface area contributed by atoms with Gasteiger partial charge < -0.3 is 10.4 Å². The smallest absolute Gasteiger partial charge is 0.327 e. The molecule has 0 saturated carbocycles. The maximum atomic E-state index is 11.9. The molecule has 0 unspecified atom stereocenters. The van der Waals surface area contributed by atoms with E-state index < -0.39 is 0 Å². The maximum Gasteiger partial charge on any atom is 0.327 e. The SMILES string of the molecule is O=c1[nH]c2nc(O)ccc2n1C1CCNCC1. The van der Waals surface area contributed by atoms with Crippen LogP contribution in [0.25, 0.3) is 11.2 Å². The van der Waals surface area contributed by atoms with Crippen LogP contribution in [0.1, 0.15) is 18.9 Å². The number of hydrogen-bond acceptors (Lipinski definition) is 4. The van der Waals surface area contributed by atoms with Crippen molar-refractivity contribution in [3.05, 3.63) is 22.6 Å². The van der Waals surface area contributed by atoms with Crippen LogP contribution >= 0.6 is 0 Å². The Morgan fingerprint density at radius 1 is 1.35 bits per heavy atom. The normalized spacial score (nSPS) is 17.6. The molecule has 90 valence electrons. The molecule has 3 N–H and O–H groups in total. The Bertz CT molecular complexity index is 595. The molecule has 1 aliphatic rings. The van der Waals surface area contributed by atoms with Crippen molar-refractivity contribution in [3.8, 4) is 5.88 Å². The summed E-state index contributed by atoms with van der Waals surface area (Å²) in [5.41, 5.74) is 1.07. The van der Waals surface area contributed by atoms with Gasteiger partial charge in [0.25, 0.3) is 0 Å². The lowest BCUT2D eigenvalue weighted by Gasteiger charge is -2.23. The van der Waals surface area contributed by atoms with Crippen LogP contribution in [0.5, 0.6) is 5.88 Å². The molecule has 17 heavy (non-hydrogen) atoms. The van der Waals surface area contributed by atoms with Crippen LogP contribution in [-0.2, 0) is 0 Å².